The lowest BCUT2D eigenvalue weighted by Gasteiger charge is -2.36. The number of nitrogens with zero attached hydrogens (tertiary/aromatic N) is 1. The van der Waals surface area contributed by atoms with Gasteiger partial charge in [-0.2, -0.15) is 0 Å². The Morgan fingerprint density at radius 3 is 2.07 bits per heavy atom. The average molecular weight is 197 g/mol. The summed E-state index contributed by atoms with van der Waals surface area (Å²) in [7, 11) is 2.29. The van der Waals surface area contributed by atoms with Crippen LogP contribution in [-0.2, 0) is 4.74 Å². The van der Waals surface area contributed by atoms with Crippen LogP contribution in [0, 0.1) is 0 Å². The standard InChI is InChI=1S/C7H16NO.C4H5N/c1-3-8(2)4-6-9-7-5-8;1-2-4-5-3-1/h3-7H2,1-2H3;1-5H/q+1;. The number of H-pyrrole nitrogens is 1. The highest BCUT2D eigenvalue weighted by Crippen LogP contribution is 2.05. The number of aromatic nitrogens is 1. The van der Waals surface area contributed by atoms with Crippen LogP contribution in [0.2, 0.25) is 0 Å². The van der Waals surface area contributed by atoms with E-state index in [-0.39, 0.29) is 0 Å². The monoisotopic (exact) mass is 197 g/mol. The van der Waals surface area contributed by atoms with Gasteiger partial charge in [-0.05, 0) is 19.1 Å². The SMILES string of the molecule is CC[N+]1(C)CCOCC1.c1cc[nH]c1. The number of hydrogen-bond acceptors (Lipinski definition) is 1. The second-order valence-electron chi connectivity index (χ2n) is 3.88. The Morgan fingerprint density at radius 2 is 1.79 bits per heavy atom. The van der Waals surface area contributed by atoms with Crippen molar-refractivity contribution in [2.75, 3.05) is 39.9 Å². The van der Waals surface area contributed by atoms with Gasteiger partial charge in [0.25, 0.3) is 0 Å². The molecule has 14 heavy (non-hydrogen) atoms. The lowest BCUT2D eigenvalue weighted by Crippen LogP contribution is -2.51. The van der Waals surface area contributed by atoms with Gasteiger partial charge in [-0.15, -0.1) is 0 Å². The average Bonchev–Trinajstić information content (AvgIpc) is 2.77. The molecule has 2 rings (SSSR count). The van der Waals surface area contributed by atoms with Crippen LogP contribution in [0.25, 0.3) is 0 Å². The van der Waals surface area contributed by atoms with Crippen molar-refractivity contribution in [3.8, 4) is 0 Å². The minimum atomic E-state index is 0.949. The normalized spacial score (nSPS) is 19.6. The fourth-order valence-corrected chi connectivity index (χ4v) is 1.38. The van der Waals surface area contributed by atoms with E-state index in [1.807, 2.05) is 24.5 Å². The minimum absolute atomic E-state index is 0.949. The molecule has 80 valence electrons. The van der Waals surface area contributed by atoms with E-state index in [2.05, 4.69) is 19.0 Å². The number of aromatic amines is 1. The van der Waals surface area contributed by atoms with Gasteiger partial charge < -0.3 is 14.2 Å². The van der Waals surface area contributed by atoms with Crippen molar-refractivity contribution >= 4 is 0 Å². The maximum Gasteiger partial charge on any atom is 0.102 e. The lowest BCUT2D eigenvalue weighted by atomic mass is 10.3. The molecule has 0 bridgehead atoms. The molecule has 0 unspecified atom stereocenters. The van der Waals surface area contributed by atoms with Crippen molar-refractivity contribution in [1.82, 2.24) is 4.98 Å². The second-order valence-corrected chi connectivity index (χ2v) is 3.88. The van der Waals surface area contributed by atoms with Crippen molar-refractivity contribution in [2.24, 2.45) is 0 Å². The molecule has 0 aromatic carbocycles. The molecule has 1 aromatic rings. The summed E-state index contributed by atoms with van der Waals surface area (Å²) in [4.78, 5) is 2.86. The van der Waals surface area contributed by atoms with Gasteiger partial charge in [0.15, 0.2) is 0 Å². The zero-order valence-corrected chi connectivity index (χ0v) is 9.20. The summed E-state index contributed by atoms with van der Waals surface area (Å²) in [6.07, 6.45) is 3.75. The van der Waals surface area contributed by atoms with Gasteiger partial charge in [0.05, 0.1) is 26.8 Å². The lowest BCUT2D eigenvalue weighted by molar-refractivity contribution is -0.915. The molecular formula is C11H21N2O+. The number of nitrogens with one attached hydrogen (secondary N) is 1. The molecular weight excluding hydrogens is 176 g/mol. The molecule has 1 saturated heterocycles. The molecule has 1 aliphatic heterocycles. The van der Waals surface area contributed by atoms with Crippen molar-refractivity contribution < 1.29 is 9.22 Å². The number of rotatable bonds is 1. The van der Waals surface area contributed by atoms with Gasteiger partial charge in [0.2, 0.25) is 0 Å². The van der Waals surface area contributed by atoms with Crippen LogP contribution in [0.3, 0.4) is 0 Å². The van der Waals surface area contributed by atoms with Crippen molar-refractivity contribution in [3.05, 3.63) is 24.5 Å². The number of morpholine rings is 1. The Morgan fingerprint density at radius 1 is 1.21 bits per heavy atom. The third-order valence-electron chi connectivity index (χ3n) is 2.81. The van der Waals surface area contributed by atoms with Crippen molar-refractivity contribution in [2.45, 2.75) is 6.92 Å². The highest BCUT2D eigenvalue weighted by atomic mass is 16.5. The molecule has 0 spiro atoms. The van der Waals surface area contributed by atoms with Gasteiger partial charge in [0.1, 0.15) is 13.1 Å². The molecule has 2 heterocycles. The third kappa shape index (κ3) is 3.94. The summed E-state index contributed by atoms with van der Waals surface area (Å²) >= 11 is 0. The topological polar surface area (TPSA) is 25.0 Å². The van der Waals surface area contributed by atoms with Gasteiger partial charge in [-0.1, -0.05) is 0 Å². The largest absolute Gasteiger partial charge is 0.370 e. The van der Waals surface area contributed by atoms with Crippen LogP contribution in [0.5, 0.6) is 0 Å². The first kappa shape index (κ1) is 11.3. The van der Waals surface area contributed by atoms with Gasteiger partial charge in [-0.3, -0.25) is 0 Å². The highest BCUT2D eigenvalue weighted by Gasteiger charge is 2.21. The van der Waals surface area contributed by atoms with E-state index < -0.39 is 0 Å². The molecule has 0 saturated carbocycles. The Bertz CT molecular complexity index is 198. The minimum Gasteiger partial charge on any atom is -0.370 e. The van der Waals surface area contributed by atoms with E-state index in [0.717, 1.165) is 13.2 Å². The summed E-state index contributed by atoms with van der Waals surface area (Å²) in [6.45, 7) is 7.76. The number of quaternary nitrogens is 1. The molecule has 3 nitrogen and oxygen atoms in total. The molecule has 0 aliphatic carbocycles. The quantitative estimate of drug-likeness (QED) is 0.678. The Balaban J connectivity index is 0.000000165. The smallest absolute Gasteiger partial charge is 0.102 e. The molecule has 1 aliphatic rings. The summed E-state index contributed by atoms with van der Waals surface area (Å²) < 4.78 is 6.45. The van der Waals surface area contributed by atoms with Gasteiger partial charge in [0, 0.05) is 12.4 Å². The van der Waals surface area contributed by atoms with Crippen molar-refractivity contribution in [3.63, 3.8) is 0 Å². The molecule has 0 atom stereocenters. The Kier molecular flexibility index (Phi) is 4.70. The van der Waals surface area contributed by atoms with Crippen LogP contribution in [0.4, 0.5) is 0 Å². The summed E-state index contributed by atoms with van der Waals surface area (Å²) in [5.74, 6) is 0. The predicted octanol–water partition coefficient (Wildman–Crippen LogP) is 1.50. The number of ether oxygens (including phenoxy) is 1. The van der Waals surface area contributed by atoms with E-state index in [9.17, 15) is 0 Å². The number of likely N-dealkylation sites (N-methyl/N-ethyl adjacent to an activating group) is 1. The van der Waals surface area contributed by atoms with E-state index in [0.29, 0.717) is 0 Å². The fourth-order valence-electron chi connectivity index (χ4n) is 1.38. The first-order valence-electron chi connectivity index (χ1n) is 5.26. The fraction of sp³-hybridized carbons (Fsp3) is 0.636. The van der Waals surface area contributed by atoms with Crippen LogP contribution in [0.15, 0.2) is 24.5 Å². The van der Waals surface area contributed by atoms with Crippen LogP contribution >= 0.6 is 0 Å². The molecule has 3 heteroatoms. The van der Waals surface area contributed by atoms with Crippen molar-refractivity contribution in [1.29, 1.82) is 0 Å². The predicted molar refractivity (Wildman–Crippen MR) is 58.1 cm³/mol. The van der Waals surface area contributed by atoms with E-state index in [1.165, 1.54) is 24.1 Å². The summed E-state index contributed by atoms with van der Waals surface area (Å²) in [6, 6.07) is 3.89. The van der Waals surface area contributed by atoms with E-state index >= 15 is 0 Å². The zero-order chi connectivity index (χ0) is 10.3. The zero-order valence-electron chi connectivity index (χ0n) is 9.20. The second kappa shape index (κ2) is 5.83. The van der Waals surface area contributed by atoms with E-state index in [4.69, 9.17) is 4.74 Å². The van der Waals surface area contributed by atoms with Gasteiger partial charge in [-0.25, -0.2) is 0 Å². The Hall–Kier alpha value is -0.800. The molecule has 0 radical (unpaired) electrons. The van der Waals surface area contributed by atoms with E-state index in [1.54, 1.807) is 0 Å². The van der Waals surface area contributed by atoms with Crippen LogP contribution in [-0.4, -0.2) is 49.4 Å². The molecule has 1 N–H and O–H groups in total. The highest BCUT2D eigenvalue weighted by molar-refractivity contribution is 4.84. The van der Waals surface area contributed by atoms with Gasteiger partial charge >= 0.3 is 0 Å². The maximum absolute atomic E-state index is 5.25. The molecule has 0 amide bonds. The summed E-state index contributed by atoms with van der Waals surface area (Å²) in [5, 5.41) is 0. The molecule has 1 fully saturated rings. The maximum atomic E-state index is 5.25. The first-order valence-corrected chi connectivity index (χ1v) is 5.26. The first-order chi connectivity index (χ1) is 6.77. The number of hydrogen-bond donors (Lipinski definition) is 1. The molecule has 1 aromatic heterocycles. The van der Waals surface area contributed by atoms with Crippen LogP contribution < -0.4 is 0 Å². The Labute approximate surface area is 86.3 Å². The third-order valence-corrected chi connectivity index (χ3v) is 2.81. The summed E-state index contributed by atoms with van der Waals surface area (Å²) in [5.41, 5.74) is 0. The van der Waals surface area contributed by atoms with Crippen LogP contribution in [0.1, 0.15) is 6.92 Å².